The molecular formula is C28H29NO7. The molecule has 0 bridgehead atoms. The molecule has 1 heterocycles. The molecule has 8 nitrogen and oxygen atoms in total. The molecule has 3 N–H and O–H groups in total. The second-order valence-electron chi connectivity index (χ2n) is 8.18. The first-order valence-corrected chi connectivity index (χ1v) is 11.7. The van der Waals surface area contributed by atoms with Gasteiger partial charge in [-0.15, -0.1) is 0 Å². The minimum atomic E-state index is -0.408. The van der Waals surface area contributed by atoms with Crippen LogP contribution in [0.4, 0.5) is 0 Å². The van der Waals surface area contributed by atoms with Crippen LogP contribution in [0.25, 0.3) is 22.3 Å². The maximum atomic E-state index is 13.0. The Morgan fingerprint density at radius 1 is 0.833 bits per heavy atom. The first-order valence-electron chi connectivity index (χ1n) is 11.7. The van der Waals surface area contributed by atoms with Crippen molar-refractivity contribution in [2.75, 3.05) is 39.5 Å². The van der Waals surface area contributed by atoms with Crippen LogP contribution in [-0.4, -0.2) is 59.7 Å². The SMILES string of the molecule is O=c1cc(-c2ccccc2)oc2c(OCCN(CCO)CCO)c(OCc3ccccc3)cc(O)c12. The fourth-order valence-electron chi connectivity index (χ4n) is 3.89. The average molecular weight is 492 g/mol. The second-order valence-corrected chi connectivity index (χ2v) is 8.18. The standard InChI is InChI=1S/C28H29NO7/c30-14-11-29(12-15-31)13-16-34-27-25(35-19-20-7-3-1-4-8-20)18-23(33)26-22(32)17-24(36-28(26)27)21-9-5-2-6-10-21/h1-10,17-18,30-31,33H,11-16,19H2. The number of rotatable bonds is 12. The lowest BCUT2D eigenvalue weighted by molar-refractivity contribution is 0.140. The Kier molecular flexibility index (Phi) is 8.57. The molecule has 4 aromatic rings. The zero-order valence-corrected chi connectivity index (χ0v) is 19.8. The van der Waals surface area contributed by atoms with Crippen LogP contribution >= 0.6 is 0 Å². The Hall–Kier alpha value is -3.85. The van der Waals surface area contributed by atoms with Crippen molar-refractivity contribution >= 4 is 11.0 Å². The van der Waals surface area contributed by atoms with Crippen LogP contribution < -0.4 is 14.9 Å². The summed E-state index contributed by atoms with van der Waals surface area (Å²) in [4.78, 5) is 14.9. The molecule has 4 rings (SSSR count). The average Bonchev–Trinajstić information content (AvgIpc) is 2.90. The van der Waals surface area contributed by atoms with E-state index in [0.29, 0.717) is 31.0 Å². The molecule has 8 heteroatoms. The smallest absolute Gasteiger partial charge is 0.205 e. The Morgan fingerprint density at radius 3 is 2.17 bits per heavy atom. The number of ether oxygens (including phenoxy) is 2. The Bertz CT molecular complexity index is 1320. The highest BCUT2D eigenvalue weighted by Crippen LogP contribution is 2.41. The van der Waals surface area contributed by atoms with Gasteiger partial charge in [0.25, 0.3) is 0 Å². The first-order chi connectivity index (χ1) is 17.6. The number of nitrogens with zero attached hydrogens (tertiary/aromatic N) is 1. The molecule has 0 fully saturated rings. The van der Waals surface area contributed by atoms with Gasteiger partial charge in [0.15, 0.2) is 16.8 Å². The molecule has 0 saturated heterocycles. The Morgan fingerprint density at radius 2 is 1.50 bits per heavy atom. The monoisotopic (exact) mass is 491 g/mol. The zero-order valence-electron chi connectivity index (χ0n) is 19.8. The van der Waals surface area contributed by atoms with E-state index in [9.17, 15) is 20.1 Å². The van der Waals surface area contributed by atoms with Gasteiger partial charge in [-0.05, 0) is 5.56 Å². The largest absolute Gasteiger partial charge is 0.507 e. The van der Waals surface area contributed by atoms with Crippen molar-refractivity contribution in [3.63, 3.8) is 0 Å². The molecule has 0 spiro atoms. The third-order valence-corrected chi connectivity index (χ3v) is 5.68. The highest BCUT2D eigenvalue weighted by Gasteiger charge is 2.21. The topological polar surface area (TPSA) is 113 Å². The van der Waals surface area contributed by atoms with Gasteiger partial charge in [0, 0.05) is 37.3 Å². The van der Waals surface area contributed by atoms with E-state index in [4.69, 9.17) is 13.9 Å². The fourth-order valence-corrected chi connectivity index (χ4v) is 3.89. The van der Waals surface area contributed by atoms with Crippen molar-refractivity contribution in [2.45, 2.75) is 6.61 Å². The normalized spacial score (nSPS) is 11.2. The highest BCUT2D eigenvalue weighted by atomic mass is 16.5. The lowest BCUT2D eigenvalue weighted by Crippen LogP contribution is -2.33. The van der Waals surface area contributed by atoms with Gasteiger partial charge in [0.2, 0.25) is 5.75 Å². The van der Waals surface area contributed by atoms with Crippen molar-refractivity contribution < 1.29 is 29.2 Å². The summed E-state index contributed by atoms with van der Waals surface area (Å²) >= 11 is 0. The molecular weight excluding hydrogens is 462 g/mol. The molecule has 0 aliphatic rings. The molecule has 0 saturated carbocycles. The van der Waals surface area contributed by atoms with Gasteiger partial charge in [-0.2, -0.15) is 0 Å². The minimum absolute atomic E-state index is 0.000635. The predicted octanol–water partition coefficient (Wildman–Crippen LogP) is 3.41. The second kappa shape index (κ2) is 12.2. The van der Waals surface area contributed by atoms with E-state index in [1.807, 2.05) is 65.6 Å². The van der Waals surface area contributed by atoms with Crippen LogP contribution in [0, 0.1) is 0 Å². The van der Waals surface area contributed by atoms with Gasteiger partial charge < -0.3 is 29.2 Å². The Labute approximate surface area is 208 Å². The van der Waals surface area contributed by atoms with E-state index in [1.165, 1.54) is 12.1 Å². The molecule has 0 amide bonds. The maximum absolute atomic E-state index is 13.0. The van der Waals surface area contributed by atoms with Crippen molar-refractivity contribution in [1.29, 1.82) is 0 Å². The van der Waals surface area contributed by atoms with Crippen LogP contribution in [0.5, 0.6) is 17.2 Å². The molecule has 1 aromatic heterocycles. The number of hydrogen-bond acceptors (Lipinski definition) is 8. The van der Waals surface area contributed by atoms with E-state index < -0.39 is 5.43 Å². The number of fused-ring (bicyclic) bond motifs is 1. The summed E-state index contributed by atoms with van der Waals surface area (Å²) in [6.07, 6.45) is 0. The van der Waals surface area contributed by atoms with Crippen molar-refractivity contribution in [3.8, 4) is 28.6 Å². The number of phenols is 1. The third-order valence-electron chi connectivity index (χ3n) is 5.68. The van der Waals surface area contributed by atoms with E-state index >= 15 is 0 Å². The van der Waals surface area contributed by atoms with Gasteiger partial charge in [-0.25, -0.2) is 0 Å². The molecule has 0 aliphatic carbocycles. The van der Waals surface area contributed by atoms with Crippen LogP contribution in [0.15, 0.2) is 82.0 Å². The summed E-state index contributed by atoms with van der Waals surface area (Å²) in [7, 11) is 0. The predicted molar refractivity (Wildman–Crippen MR) is 136 cm³/mol. The molecule has 188 valence electrons. The van der Waals surface area contributed by atoms with Crippen molar-refractivity contribution in [1.82, 2.24) is 4.90 Å². The summed E-state index contributed by atoms with van der Waals surface area (Å²) in [6, 6.07) is 21.4. The number of aliphatic hydroxyl groups excluding tert-OH is 2. The molecule has 0 aliphatic heterocycles. The number of benzene rings is 3. The minimum Gasteiger partial charge on any atom is -0.507 e. The molecule has 36 heavy (non-hydrogen) atoms. The van der Waals surface area contributed by atoms with E-state index in [-0.39, 0.29) is 54.6 Å². The number of hydrogen-bond donors (Lipinski definition) is 3. The lowest BCUT2D eigenvalue weighted by Gasteiger charge is -2.21. The zero-order chi connectivity index (χ0) is 25.3. The lowest BCUT2D eigenvalue weighted by atomic mass is 10.1. The molecule has 3 aromatic carbocycles. The molecule has 0 atom stereocenters. The number of aliphatic hydroxyl groups is 2. The third kappa shape index (κ3) is 6.04. The highest BCUT2D eigenvalue weighted by molar-refractivity contribution is 5.91. The van der Waals surface area contributed by atoms with Crippen LogP contribution in [0.1, 0.15) is 5.56 Å². The summed E-state index contributed by atoms with van der Waals surface area (Å²) in [6.45, 7) is 1.44. The van der Waals surface area contributed by atoms with Gasteiger partial charge in [-0.1, -0.05) is 60.7 Å². The van der Waals surface area contributed by atoms with Gasteiger partial charge >= 0.3 is 0 Å². The first kappa shape index (κ1) is 25.2. The summed E-state index contributed by atoms with van der Waals surface area (Å²) in [5.74, 6) is 0.491. The Balaban J connectivity index is 1.74. The molecule has 0 unspecified atom stereocenters. The summed E-state index contributed by atoms with van der Waals surface area (Å²) < 4.78 is 18.2. The van der Waals surface area contributed by atoms with Crippen LogP contribution in [0.2, 0.25) is 0 Å². The number of phenolic OH excluding ortho intramolecular Hbond substituents is 1. The van der Waals surface area contributed by atoms with Crippen LogP contribution in [-0.2, 0) is 6.61 Å². The van der Waals surface area contributed by atoms with Crippen molar-refractivity contribution in [3.05, 3.63) is 88.6 Å². The van der Waals surface area contributed by atoms with Gasteiger partial charge in [0.1, 0.15) is 30.1 Å². The quantitative estimate of drug-likeness (QED) is 0.276. The van der Waals surface area contributed by atoms with Gasteiger partial charge in [-0.3, -0.25) is 9.69 Å². The van der Waals surface area contributed by atoms with E-state index in [0.717, 1.165) is 5.56 Å². The maximum Gasteiger partial charge on any atom is 0.205 e. The van der Waals surface area contributed by atoms with Gasteiger partial charge in [0.05, 0.1) is 13.2 Å². The van der Waals surface area contributed by atoms with E-state index in [1.54, 1.807) is 0 Å². The summed E-state index contributed by atoms with van der Waals surface area (Å²) in [5, 5.41) is 29.3. The number of aromatic hydroxyl groups is 1. The van der Waals surface area contributed by atoms with Crippen molar-refractivity contribution in [2.24, 2.45) is 0 Å². The fraction of sp³-hybridized carbons (Fsp3) is 0.250. The summed E-state index contributed by atoms with van der Waals surface area (Å²) in [5.41, 5.74) is 1.30. The molecule has 0 radical (unpaired) electrons. The van der Waals surface area contributed by atoms with E-state index in [2.05, 4.69) is 0 Å². The van der Waals surface area contributed by atoms with Crippen LogP contribution in [0.3, 0.4) is 0 Å².